The van der Waals surface area contributed by atoms with Crippen LogP contribution in [0, 0.1) is 5.92 Å². The van der Waals surface area contributed by atoms with Gasteiger partial charge in [0.05, 0.1) is 11.4 Å². The van der Waals surface area contributed by atoms with Gasteiger partial charge in [-0.25, -0.2) is 13.4 Å². The number of aromatic nitrogens is 1. The molecule has 1 fully saturated rings. The van der Waals surface area contributed by atoms with Gasteiger partial charge < -0.3 is 0 Å². The molecular formula is C9H11BrN2O2S. The van der Waals surface area contributed by atoms with E-state index >= 15 is 0 Å². The maximum Gasteiger partial charge on any atom is 0.235 e. The minimum atomic E-state index is -3.12. The third kappa shape index (κ3) is 2.15. The van der Waals surface area contributed by atoms with Crippen LogP contribution >= 0.6 is 15.9 Å². The van der Waals surface area contributed by atoms with Crippen molar-refractivity contribution in [1.82, 2.24) is 4.98 Å². The lowest BCUT2D eigenvalue weighted by Crippen LogP contribution is -2.25. The van der Waals surface area contributed by atoms with E-state index in [0.717, 1.165) is 0 Å². The topological polar surface area (TPSA) is 50.3 Å². The molecule has 1 aromatic heterocycles. The number of hydrogen-bond donors (Lipinski definition) is 0. The van der Waals surface area contributed by atoms with Crippen molar-refractivity contribution in [2.75, 3.05) is 16.6 Å². The molecule has 0 saturated carbocycles. The van der Waals surface area contributed by atoms with Crippen molar-refractivity contribution in [3.8, 4) is 0 Å². The Morgan fingerprint density at radius 1 is 1.60 bits per heavy atom. The van der Waals surface area contributed by atoms with E-state index in [1.165, 1.54) is 4.31 Å². The van der Waals surface area contributed by atoms with Crippen molar-refractivity contribution in [2.45, 2.75) is 6.92 Å². The summed E-state index contributed by atoms with van der Waals surface area (Å²) in [5, 5.41) is 0. The Hall–Kier alpha value is -0.620. The molecule has 0 aromatic carbocycles. The van der Waals surface area contributed by atoms with Gasteiger partial charge in [0, 0.05) is 12.7 Å². The molecule has 0 amide bonds. The normalized spacial score (nSPS) is 24.4. The van der Waals surface area contributed by atoms with E-state index in [4.69, 9.17) is 0 Å². The SMILES string of the molecule is CC1CN(c2ccnc(Br)c2)S(=O)(=O)C1. The van der Waals surface area contributed by atoms with E-state index in [-0.39, 0.29) is 11.7 Å². The van der Waals surface area contributed by atoms with Crippen molar-refractivity contribution in [2.24, 2.45) is 5.92 Å². The second-order valence-corrected chi connectivity index (χ2v) is 6.50. The summed E-state index contributed by atoms with van der Waals surface area (Å²) in [5.74, 6) is 0.411. The van der Waals surface area contributed by atoms with Crippen LogP contribution in [0.2, 0.25) is 0 Å². The van der Waals surface area contributed by atoms with Gasteiger partial charge in [0.1, 0.15) is 4.60 Å². The highest BCUT2D eigenvalue weighted by molar-refractivity contribution is 9.10. The van der Waals surface area contributed by atoms with Gasteiger partial charge in [0.2, 0.25) is 10.0 Å². The zero-order valence-corrected chi connectivity index (χ0v) is 10.6. The fourth-order valence-electron chi connectivity index (χ4n) is 1.71. The smallest absolute Gasteiger partial charge is 0.235 e. The zero-order valence-electron chi connectivity index (χ0n) is 8.22. The van der Waals surface area contributed by atoms with Gasteiger partial charge in [-0.15, -0.1) is 0 Å². The highest BCUT2D eigenvalue weighted by Gasteiger charge is 2.33. The lowest BCUT2D eigenvalue weighted by Gasteiger charge is -2.16. The summed E-state index contributed by atoms with van der Waals surface area (Å²) in [4.78, 5) is 3.97. The molecule has 2 heterocycles. The molecule has 1 aliphatic rings. The Kier molecular flexibility index (Phi) is 2.72. The number of nitrogens with zero attached hydrogens (tertiary/aromatic N) is 2. The third-order valence-corrected chi connectivity index (χ3v) is 4.76. The Bertz CT molecular complexity index is 475. The van der Waals surface area contributed by atoms with Gasteiger partial charge >= 0.3 is 0 Å². The molecule has 1 saturated heterocycles. The van der Waals surface area contributed by atoms with Crippen LogP contribution in [-0.2, 0) is 10.0 Å². The summed E-state index contributed by atoms with van der Waals surface area (Å²) in [5.41, 5.74) is 0.682. The minimum absolute atomic E-state index is 0.182. The van der Waals surface area contributed by atoms with Crippen molar-refractivity contribution in [3.63, 3.8) is 0 Å². The predicted molar refractivity (Wildman–Crippen MR) is 62.2 cm³/mol. The maximum atomic E-state index is 11.8. The zero-order chi connectivity index (χ0) is 11.1. The summed E-state index contributed by atoms with van der Waals surface area (Å²) in [6.07, 6.45) is 1.60. The molecule has 0 bridgehead atoms. The quantitative estimate of drug-likeness (QED) is 0.739. The fraction of sp³-hybridized carbons (Fsp3) is 0.444. The second kappa shape index (κ2) is 3.75. The van der Waals surface area contributed by atoms with Crippen molar-refractivity contribution in [3.05, 3.63) is 22.9 Å². The summed E-state index contributed by atoms with van der Waals surface area (Å²) in [6, 6.07) is 3.43. The summed E-state index contributed by atoms with van der Waals surface area (Å²) in [6.45, 7) is 2.49. The molecule has 1 unspecified atom stereocenters. The molecule has 0 N–H and O–H groups in total. The standard InChI is InChI=1S/C9H11BrN2O2S/c1-7-5-12(15(13,14)6-7)8-2-3-11-9(10)4-8/h2-4,7H,5-6H2,1H3. The molecule has 82 valence electrons. The number of halogens is 1. The van der Waals surface area contributed by atoms with Crippen LogP contribution in [0.3, 0.4) is 0 Å². The average Bonchev–Trinajstić information content (AvgIpc) is 2.39. The van der Waals surface area contributed by atoms with Crippen LogP contribution in [0.15, 0.2) is 22.9 Å². The Labute approximate surface area is 97.5 Å². The van der Waals surface area contributed by atoms with Gasteiger partial charge in [-0.2, -0.15) is 0 Å². The van der Waals surface area contributed by atoms with Crippen LogP contribution in [-0.4, -0.2) is 25.7 Å². The first-order chi connectivity index (χ1) is 6.99. The number of hydrogen-bond acceptors (Lipinski definition) is 3. The second-order valence-electron chi connectivity index (χ2n) is 3.75. The molecule has 0 spiro atoms. The number of pyridine rings is 1. The summed E-state index contributed by atoms with van der Waals surface area (Å²) in [7, 11) is -3.12. The Morgan fingerprint density at radius 2 is 2.33 bits per heavy atom. The summed E-state index contributed by atoms with van der Waals surface area (Å²) >= 11 is 3.23. The molecule has 4 nitrogen and oxygen atoms in total. The van der Waals surface area contributed by atoms with Crippen LogP contribution in [0.1, 0.15) is 6.92 Å². The van der Waals surface area contributed by atoms with Crippen molar-refractivity contribution >= 4 is 31.6 Å². The van der Waals surface area contributed by atoms with E-state index in [9.17, 15) is 8.42 Å². The lowest BCUT2D eigenvalue weighted by atomic mass is 10.2. The first-order valence-corrected chi connectivity index (χ1v) is 7.01. The molecule has 1 aliphatic heterocycles. The molecule has 0 radical (unpaired) electrons. The van der Waals surface area contributed by atoms with Crippen LogP contribution < -0.4 is 4.31 Å². The van der Waals surface area contributed by atoms with E-state index in [0.29, 0.717) is 16.8 Å². The van der Waals surface area contributed by atoms with Gasteiger partial charge in [0.25, 0.3) is 0 Å². The highest BCUT2D eigenvalue weighted by Crippen LogP contribution is 2.27. The molecule has 0 aliphatic carbocycles. The van der Waals surface area contributed by atoms with E-state index in [1.54, 1.807) is 18.3 Å². The van der Waals surface area contributed by atoms with Crippen LogP contribution in [0.5, 0.6) is 0 Å². The van der Waals surface area contributed by atoms with Crippen molar-refractivity contribution < 1.29 is 8.42 Å². The molecule has 1 aromatic rings. The number of rotatable bonds is 1. The van der Waals surface area contributed by atoms with Gasteiger partial charge in [-0.1, -0.05) is 6.92 Å². The van der Waals surface area contributed by atoms with Crippen LogP contribution in [0.4, 0.5) is 5.69 Å². The third-order valence-electron chi connectivity index (χ3n) is 2.31. The molecule has 2 rings (SSSR count). The predicted octanol–water partition coefficient (Wildman–Crippen LogP) is 1.63. The molecule has 15 heavy (non-hydrogen) atoms. The first-order valence-electron chi connectivity index (χ1n) is 4.61. The van der Waals surface area contributed by atoms with E-state index in [1.807, 2.05) is 6.92 Å². The minimum Gasteiger partial charge on any atom is -0.270 e. The molecule has 1 atom stereocenters. The maximum absolute atomic E-state index is 11.8. The van der Waals surface area contributed by atoms with Gasteiger partial charge in [0.15, 0.2) is 0 Å². The Balaban J connectivity index is 2.40. The van der Waals surface area contributed by atoms with E-state index < -0.39 is 10.0 Å². The van der Waals surface area contributed by atoms with E-state index in [2.05, 4.69) is 20.9 Å². The average molecular weight is 291 g/mol. The molecular weight excluding hydrogens is 280 g/mol. The molecule has 6 heteroatoms. The van der Waals surface area contributed by atoms with Gasteiger partial charge in [-0.05, 0) is 34.0 Å². The van der Waals surface area contributed by atoms with Gasteiger partial charge in [-0.3, -0.25) is 4.31 Å². The largest absolute Gasteiger partial charge is 0.270 e. The first kappa shape index (κ1) is 10.9. The number of anilines is 1. The lowest BCUT2D eigenvalue weighted by molar-refractivity contribution is 0.598. The highest BCUT2D eigenvalue weighted by atomic mass is 79.9. The Morgan fingerprint density at radius 3 is 2.87 bits per heavy atom. The summed E-state index contributed by atoms with van der Waals surface area (Å²) < 4.78 is 25.6. The fourth-order valence-corrected chi connectivity index (χ4v) is 3.99. The number of sulfonamides is 1. The van der Waals surface area contributed by atoms with Crippen molar-refractivity contribution in [1.29, 1.82) is 0 Å². The van der Waals surface area contributed by atoms with Crippen LogP contribution in [0.25, 0.3) is 0 Å². The monoisotopic (exact) mass is 290 g/mol.